The van der Waals surface area contributed by atoms with Crippen LogP contribution in [-0.4, -0.2) is 5.92 Å². The second kappa shape index (κ2) is 4.16. The van der Waals surface area contributed by atoms with Crippen molar-refractivity contribution in [2.45, 2.75) is 65.2 Å². The molecule has 0 heterocycles. The fraction of sp³-hybridized carbons (Fsp3) is 1.00. The monoisotopic (exact) mass is 204 g/mol. The molecule has 84 valence electrons. The lowest BCUT2D eigenvalue weighted by molar-refractivity contribution is -0.175. The van der Waals surface area contributed by atoms with Crippen molar-refractivity contribution in [3.05, 3.63) is 0 Å². The van der Waals surface area contributed by atoms with E-state index in [4.69, 9.17) is 0 Å². The molecule has 0 atom stereocenters. The first kappa shape index (κ1) is 11.9. The Labute approximate surface area is 86.1 Å². The summed E-state index contributed by atoms with van der Waals surface area (Å²) in [4.78, 5) is 0. The predicted molar refractivity (Wildman–Crippen MR) is 55.6 cm³/mol. The molecule has 0 aromatic heterocycles. The van der Waals surface area contributed by atoms with Gasteiger partial charge < -0.3 is 0 Å². The van der Waals surface area contributed by atoms with Crippen LogP contribution >= 0.6 is 0 Å². The smallest absolute Gasteiger partial charge is 0.207 e. The second-order valence-corrected chi connectivity index (χ2v) is 4.89. The van der Waals surface area contributed by atoms with Crippen LogP contribution in [0.5, 0.6) is 0 Å². The number of halogens is 2. The van der Waals surface area contributed by atoms with E-state index in [-0.39, 0.29) is 18.3 Å². The largest absolute Gasteiger partial charge is 0.249 e. The lowest BCUT2D eigenvalue weighted by atomic mass is 9.57. The molecule has 0 amide bonds. The first-order valence-corrected chi connectivity index (χ1v) is 5.89. The SMILES string of the molecule is CC.CC1CCC2(CC1)CC(F)(F)C2. The number of hydrogen-bond acceptors (Lipinski definition) is 0. The summed E-state index contributed by atoms with van der Waals surface area (Å²) < 4.78 is 25.3. The van der Waals surface area contributed by atoms with Crippen molar-refractivity contribution in [1.82, 2.24) is 0 Å². The van der Waals surface area contributed by atoms with Crippen LogP contribution < -0.4 is 0 Å². The lowest BCUT2D eigenvalue weighted by Crippen LogP contribution is -2.47. The van der Waals surface area contributed by atoms with Gasteiger partial charge in [-0.25, -0.2) is 8.78 Å². The Morgan fingerprint density at radius 2 is 1.43 bits per heavy atom. The Bertz CT molecular complexity index is 169. The summed E-state index contributed by atoms with van der Waals surface area (Å²) in [5.74, 6) is -1.55. The Balaban J connectivity index is 0.000000461. The predicted octanol–water partition coefficient (Wildman–Crippen LogP) is 4.64. The maximum atomic E-state index is 12.7. The van der Waals surface area contributed by atoms with Crippen molar-refractivity contribution in [3.8, 4) is 0 Å². The van der Waals surface area contributed by atoms with E-state index in [2.05, 4.69) is 6.92 Å². The molecule has 2 aliphatic carbocycles. The quantitative estimate of drug-likeness (QED) is 0.539. The lowest BCUT2D eigenvalue weighted by Gasteiger charge is -2.50. The highest BCUT2D eigenvalue weighted by Crippen LogP contribution is 2.59. The zero-order valence-electron chi connectivity index (χ0n) is 9.58. The second-order valence-electron chi connectivity index (χ2n) is 4.89. The van der Waals surface area contributed by atoms with Gasteiger partial charge in [0.25, 0.3) is 0 Å². The minimum atomic E-state index is -2.32. The van der Waals surface area contributed by atoms with Gasteiger partial charge >= 0.3 is 0 Å². The molecule has 2 aliphatic rings. The molecule has 2 saturated carbocycles. The molecule has 2 heteroatoms. The summed E-state index contributed by atoms with van der Waals surface area (Å²) in [5.41, 5.74) is 0.0655. The van der Waals surface area contributed by atoms with Crippen LogP contribution in [0, 0.1) is 11.3 Å². The van der Waals surface area contributed by atoms with Gasteiger partial charge in [-0.1, -0.05) is 33.6 Å². The van der Waals surface area contributed by atoms with Gasteiger partial charge in [0.05, 0.1) is 0 Å². The molecule has 0 saturated heterocycles. The van der Waals surface area contributed by atoms with Crippen LogP contribution in [0.15, 0.2) is 0 Å². The normalized spacial score (nSPS) is 28.9. The standard InChI is InChI=1S/C10H16F2.C2H6/c1-8-2-4-9(5-3-8)6-10(11,12)7-9;1-2/h8H,2-7H2,1H3;1-2H3. The Kier molecular flexibility index (Phi) is 3.54. The fourth-order valence-electron chi connectivity index (χ4n) is 2.77. The Morgan fingerprint density at radius 1 is 1.00 bits per heavy atom. The summed E-state index contributed by atoms with van der Waals surface area (Å²) in [6.07, 6.45) is 4.76. The van der Waals surface area contributed by atoms with Crippen LogP contribution in [0.1, 0.15) is 59.3 Å². The molecule has 2 rings (SSSR count). The summed E-state index contributed by atoms with van der Waals surface area (Å²) in [6, 6.07) is 0. The van der Waals surface area contributed by atoms with E-state index in [9.17, 15) is 8.78 Å². The molecule has 2 fully saturated rings. The maximum absolute atomic E-state index is 12.7. The molecule has 0 bridgehead atoms. The minimum Gasteiger partial charge on any atom is -0.207 e. The van der Waals surface area contributed by atoms with Crippen LogP contribution in [0.2, 0.25) is 0 Å². The summed E-state index contributed by atoms with van der Waals surface area (Å²) in [6.45, 7) is 6.23. The first-order chi connectivity index (χ1) is 6.52. The molecule has 0 aliphatic heterocycles. The van der Waals surface area contributed by atoms with Gasteiger partial charge in [0, 0.05) is 12.8 Å². The van der Waals surface area contributed by atoms with Crippen molar-refractivity contribution in [2.24, 2.45) is 11.3 Å². The van der Waals surface area contributed by atoms with E-state index < -0.39 is 5.92 Å². The van der Waals surface area contributed by atoms with Gasteiger partial charge in [0.1, 0.15) is 0 Å². The van der Waals surface area contributed by atoms with Gasteiger partial charge in [-0.05, 0) is 24.2 Å². The van der Waals surface area contributed by atoms with Crippen LogP contribution in [0.3, 0.4) is 0 Å². The van der Waals surface area contributed by atoms with Crippen molar-refractivity contribution >= 4 is 0 Å². The molecule has 0 unspecified atom stereocenters. The van der Waals surface area contributed by atoms with Crippen molar-refractivity contribution in [1.29, 1.82) is 0 Å². The van der Waals surface area contributed by atoms with E-state index in [1.807, 2.05) is 13.8 Å². The molecule has 0 aromatic rings. The fourth-order valence-corrected chi connectivity index (χ4v) is 2.77. The van der Waals surface area contributed by atoms with Crippen molar-refractivity contribution in [3.63, 3.8) is 0 Å². The van der Waals surface area contributed by atoms with Crippen LogP contribution in [0.25, 0.3) is 0 Å². The first-order valence-electron chi connectivity index (χ1n) is 5.89. The zero-order valence-corrected chi connectivity index (χ0v) is 9.58. The Hall–Kier alpha value is -0.140. The van der Waals surface area contributed by atoms with Gasteiger partial charge in [-0.3, -0.25) is 0 Å². The van der Waals surface area contributed by atoms with E-state index in [1.54, 1.807) is 0 Å². The van der Waals surface area contributed by atoms with Crippen molar-refractivity contribution < 1.29 is 8.78 Å². The van der Waals surface area contributed by atoms with E-state index >= 15 is 0 Å². The molecule has 0 N–H and O–H groups in total. The minimum absolute atomic E-state index is 0.0655. The number of alkyl halides is 2. The average Bonchev–Trinajstić information content (AvgIpc) is 2.11. The highest BCUT2D eigenvalue weighted by atomic mass is 19.3. The third-order valence-electron chi connectivity index (χ3n) is 3.60. The van der Waals surface area contributed by atoms with E-state index in [0.29, 0.717) is 0 Å². The third-order valence-corrected chi connectivity index (χ3v) is 3.60. The molecule has 14 heavy (non-hydrogen) atoms. The van der Waals surface area contributed by atoms with Gasteiger partial charge in [0.2, 0.25) is 5.92 Å². The van der Waals surface area contributed by atoms with Gasteiger partial charge in [-0.15, -0.1) is 0 Å². The number of rotatable bonds is 0. The van der Waals surface area contributed by atoms with Gasteiger partial charge in [0.15, 0.2) is 0 Å². The summed E-state index contributed by atoms with van der Waals surface area (Å²) in [5, 5.41) is 0. The molecular formula is C12H22F2. The van der Waals surface area contributed by atoms with E-state index in [1.165, 1.54) is 0 Å². The third kappa shape index (κ3) is 2.46. The number of hydrogen-bond donors (Lipinski definition) is 0. The molecule has 0 nitrogen and oxygen atoms in total. The van der Waals surface area contributed by atoms with Gasteiger partial charge in [-0.2, -0.15) is 0 Å². The molecular weight excluding hydrogens is 182 g/mol. The van der Waals surface area contributed by atoms with Crippen molar-refractivity contribution in [2.75, 3.05) is 0 Å². The molecule has 0 aromatic carbocycles. The summed E-state index contributed by atoms with van der Waals surface area (Å²) >= 11 is 0. The topological polar surface area (TPSA) is 0 Å². The summed E-state index contributed by atoms with van der Waals surface area (Å²) in [7, 11) is 0. The molecule has 0 radical (unpaired) electrons. The maximum Gasteiger partial charge on any atom is 0.249 e. The van der Waals surface area contributed by atoms with Crippen LogP contribution in [-0.2, 0) is 0 Å². The van der Waals surface area contributed by atoms with E-state index in [0.717, 1.165) is 31.6 Å². The zero-order chi connectivity index (χ0) is 10.8. The van der Waals surface area contributed by atoms with Crippen LogP contribution in [0.4, 0.5) is 8.78 Å². The molecule has 1 spiro atoms. The Morgan fingerprint density at radius 3 is 1.79 bits per heavy atom. The highest BCUT2D eigenvalue weighted by Gasteiger charge is 2.56. The average molecular weight is 204 g/mol. The highest BCUT2D eigenvalue weighted by molar-refractivity contribution is 5.00.